The summed E-state index contributed by atoms with van der Waals surface area (Å²) in [5.41, 5.74) is 3.27. The maximum atomic E-state index is 5.33. The molecule has 140 valence electrons. The number of nitrogens with one attached hydrogen (secondary N) is 1. The van der Waals surface area contributed by atoms with E-state index in [-0.39, 0.29) is 0 Å². The van der Waals surface area contributed by atoms with Gasteiger partial charge in [-0.25, -0.2) is 9.97 Å². The van der Waals surface area contributed by atoms with E-state index in [0.29, 0.717) is 12.0 Å². The minimum Gasteiger partial charge on any atom is -0.378 e. The monoisotopic (exact) mass is 427 g/mol. The van der Waals surface area contributed by atoms with E-state index in [1.807, 2.05) is 16.8 Å². The lowest BCUT2D eigenvalue weighted by molar-refractivity contribution is -0.0712. The molecule has 4 heterocycles. The van der Waals surface area contributed by atoms with Crippen molar-refractivity contribution in [2.75, 3.05) is 31.6 Å². The number of hydrogen-bond acceptors (Lipinski definition) is 5. The Balaban J connectivity index is 1.27. The van der Waals surface area contributed by atoms with E-state index in [4.69, 9.17) is 4.74 Å². The number of benzene rings is 1. The Labute approximate surface area is 166 Å². The Hall–Kier alpha value is -1.96. The molecule has 0 atom stereocenters. The van der Waals surface area contributed by atoms with Crippen LogP contribution >= 0.6 is 15.9 Å². The van der Waals surface area contributed by atoms with Crippen LogP contribution in [0, 0.1) is 0 Å². The fourth-order valence-corrected chi connectivity index (χ4v) is 4.39. The molecule has 0 saturated carbocycles. The van der Waals surface area contributed by atoms with Crippen LogP contribution in [0.5, 0.6) is 0 Å². The van der Waals surface area contributed by atoms with Crippen molar-refractivity contribution in [2.45, 2.75) is 24.8 Å². The number of anilines is 2. The minimum atomic E-state index is 0.652. The van der Waals surface area contributed by atoms with Gasteiger partial charge in [-0.1, -0.05) is 12.1 Å². The highest BCUT2D eigenvalue weighted by atomic mass is 79.9. The van der Waals surface area contributed by atoms with Crippen LogP contribution in [-0.4, -0.2) is 51.6 Å². The van der Waals surface area contributed by atoms with Gasteiger partial charge in [0, 0.05) is 24.3 Å². The van der Waals surface area contributed by atoms with Gasteiger partial charge in [-0.05, 0) is 65.5 Å². The lowest BCUT2D eigenvalue weighted by Gasteiger charge is -2.41. The quantitative estimate of drug-likeness (QED) is 0.685. The number of aromatic nitrogens is 3. The van der Waals surface area contributed by atoms with Gasteiger partial charge in [-0.3, -0.25) is 4.90 Å². The first-order valence-electron chi connectivity index (χ1n) is 9.44. The molecule has 2 aliphatic heterocycles. The zero-order valence-corrected chi connectivity index (χ0v) is 16.6. The summed E-state index contributed by atoms with van der Waals surface area (Å²) in [6.07, 6.45) is 8.05. The molecule has 1 aromatic carbocycles. The molecule has 0 radical (unpaired) electrons. The number of nitrogens with zero attached hydrogens (tertiary/aromatic N) is 4. The number of piperidine rings is 1. The van der Waals surface area contributed by atoms with Gasteiger partial charge < -0.3 is 14.5 Å². The first-order chi connectivity index (χ1) is 13.3. The second-order valence-electron chi connectivity index (χ2n) is 7.32. The molecule has 27 heavy (non-hydrogen) atoms. The molecule has 2 aromatic heterocycles. The smallest absolute Gasteiger partial charge is 0.180 e. The van der Waals surface area contributed by atoms with E-state index in [9.17, 15) is 0 Å². The standard InChI is InChI=1S/C20H22BrN5O/c21-18-11-26-10-7-22-20(26)19(24-18)23-16-3-1-14(2-4-16)15-5-8-25(9-6-15)17-12-27-13-17/h1-4,7,10-11,15,17H,5-6,8-9,12-13H2,(H,23,24). The molecule has 6 nitrogen and oxygen atoms in total. The van der Waals surface area contributed by atoms with Crippen molar-refractivity contribution in [3.8, 4) is 0 Å². The van der Waals surface area contributed by atoms with Crippen molar-refractivity contribution in [2.24, 2.45) is 0 Å². The van der Waals surface area contributed by atoms with Crippen molar-refractivity contribution < 1.29 is 4.74 Å². The summed E-state index contributed by atoms with van der Waals surface area (Å²) < 4.78 is 8.05. The lowest BCUT2D eigenvalue weighted by atomic mass is 9.88. The molecule has 5 rings (SSSR count). The number of halogens is 1. The van der Waals surface area contributed by atoms with E-state index in [2.05, 4.69) is 60.4 Å². The van der Waals surface area contributed by atoms with Crippen LogP contribution < -0.4 is 5.32 Å². The molecule has 2 fully saturated rings. The predicted molar refractivity (Wildman–Crippen MR) is 109 cm³/mol. The van der Waals surface area contributed by atoms with E-state index < -0.39 is 0 Å². The summed E-state index contributed by atoms with van der Waals surface area (Å²) in [7, 11) is 0. The van der Waals surface area contributed by atoms with Gasteiger partial charge in [0.2, 0.25) is 0 Å². The summed E-state index contributed by atoms with van der Waals surface area (Å²) in [6, 6.07) is 9.44. The van der Waals surface area contributed by atoms with E-state index in [0.717, 1.165) is 35.0 Å². The molecule has 0 spiro atoms. The topological polar surface area (TPSA) is 54.7 Å². The maximum Gasteiger partial charge on any atom is 0.180 e. The molecule has 0 amide bonds. The van der Waals surface area contributed by atoms with Gasteiger partial charge in [0.1, 0.15) is 4.60 Å². The van der Waals surface area contributed by atoms with E-state index >= 15 is 0 Å². The van der Waals surface area contributed by atoms with Crippen LogP contribution in [0.15, 0.2) is 47.5 Å². The number of fused-ring (bicyclic) bond motifs is 1. The highest BCUT2D eigenvalue weighted by Gasteiger charge is 2.29. The molecule has 0 unspecified atom stereocenters. The third-order valence-electron chi connectivity index (χ3n) is 5.66. The Morgan fingerprint density at radius 2 is 1.89 bits per heavy atom. The van der Waals surface area contributed by atoms with Crippen molar-refractivity contribution in [3.63, 3.8) is 0 Å². The highest BCUT2D eigenvalue weighted by molar-refractivity contribution is 9.10. The molecule has 2 aliphatic rings. The number of rotatable bonds is 4. The maximum absolute atomic E-state index is 5.33. The summed E-state index contributed by atoms with van der Waals surface area (Å²) in [4.78, 5) is 11.5. The number of ether oxygens (including phenoxy) is 1. The SMILES string of the molecule is Brc1cn2ccnc2c(Nc2ccc(C3CCN(C4COC4)CC3)cc2)n1. The van der Waals surface area contributed by atoms with Crippen molar-refractivity contribution in [1.82, 2.24) is 19.3 Å². The molecule has 1 N–H and O–H groups in total. The Bertz CT molecular complexity index is 929. The van der Waals surface area contributed by atoms with E-state index in [1.54, 1.807) is 6.20 Å². The molecular formula is C20H22BrN5O. The minimum absolute atomic E-state index is 0.652. The molecular weight excluding hydrogens is 406 g/mol. The lowest BCUT2D eigenvalue weighted by Crippen LogP contribution is -2.51. The Kier molecular flexibility index (Phi) is 4.59. The fourth-order valence-electron chi connectivity index (χ4n) is 3.99. The van der Waals surface area contributed by atoms with Crippen molar-refractivity contribution in [3.05, 3.63) is 53.0 Å². The van der Waals surface area contributed by atoms with Gasteiger partial charge >= 0.3 is 0 Å². The Morgan fingerprint density at radius 3 is 2.59 bits per heavy atom. The number of imidazole rings is 1. The molecule has 2 saturated heterocycles. The van der Waals surface area contributed by atoms with E-state index in [1.165, 1.54) is 31.5 Å². The zero-order chi connectivity index (χ0) is 18.2. The first-order valence-corrected chi connectivity index (χ1v) is 10.2. The van der Waals surface area contributed by atoms with Gasteiger partial charge in [0.15, 0.2) is 11.5 Å². The summed E-state index contributed by atoms with van der Waals surface area (Å²) >= 11 is 3.46. The average Bonchev–Trinajstić information content (AvgIpc) is 3.10. The van der Waals surface area contributed by atoms with Crippen molar-refractivity contribution in [1.29, 1.82) is 0 Å². The molecule has 7 heteroatoms. The molecule has 0 aliphatic carbocycles. The van der Waals surface area contributed by atoms with Crippen LogP contribution in [0.2, 0.25) is 0 Å². The third-order valence-corrected chi connectivity index (χ3v) is 6.04. The van der Waals surface area contributed by atoms with Crippen LogP contribution in [0.1, 0.15) is 24.3 Å². The zero-order valence-electron chi connectivity index (χ0n) is 15.0. The van der Waals surface area contributed by atoms with Crippen LogP contribution in [0.3, 0.4) is 0 Å². The normalized spacial score (nSPS) is 19.3. The summed E-state index contributed by atoms with van der Waals surface area (Å²) in [6.45, 7) is 4.19. The van der Waals surface area contributed by atoms with Crippen LogP contribution in [0.4, 0.5) is 11.5 Å². The summed E-state index contributed by atoms with van der Waals surface area (Å²) in [5, 5.41) is 3.39. The predicted octanol–water partition coefficient (Wildman–Crippen LogP) is 3.81. The van der Waals surface area contributed by atoms with Crippen molar-refractivity contribution >= 4 is 33.1 Å². The van der Waals surface area contributed by atoms with Gasteiger partial charge in [-0.2, -0.15) is 0 Å². The second-order valence-corrected chi connectivity index (χ2v) is 8.13. The van der Waals surface area contributed by atoms with Gasteiger partial charge in [0.05, 0.1) is 19.3 Å². The average molecular weight is 428 g/mol. The largest absolute Gasteiger partial charge is 0.378 e. The first kappa shape index (κ1) is 17.2. The van der Waals surface area contributed by atoms with Crippen LogP contribution in [-0.2, 0) is 4.74 Å². The Morgan fingerprint density at radius 1 is 1.11 bits per heavy atom. The van der Waals surface area contributed by atoms with Gasteiger partial charge in [0.25, 0.3) is 0 Å². The molecule has 0 bridgehead atoms. The highest BCUT2D eigenvalue weighted by Crippen LogP contribution is 2.31. The van der Waals surface area contributed by atoms with Gasteiger partial charge in [-0.15, -0.1) is 0 Å². The number of likely N-dealkylation sites (tertiary alicyclic amines) is 1. The third kappa shape index (κ3) is 3.47. The second kappa shape index (κ2) is 7.22. The number of hydrogen-bond donors (Lipinski definition) is 1. The summed E-state index contributed by atoms with van der Waals surface area (Å²) in [5.74, 6) is 1.40. The molecule has 3 aromatic rings. The van der Waals surface area contributed by atoms with Crippen LogP contribution in [0.25, 0.3) is 5.65 Å². The fraction of sp³-hybridized carbons (Fsp3) is 0.400.